The maximum absolute atomic E-state index is 11.5. The number of hydrogen-bond donors (Lipinski definition) is 1. The lowest BCUT2D eigenvalue weighted by molar-refractivity contribution is 0.163. The highest BCUT2D eigenvalue weighted by molar-refractivity contribution is 7.92. The molecule has 7 heteroatoms. The highest BCUT2D eigenvalue weighted by Gasteiger charge is 2.10. The second-order valence-corrected chi connectivity index (χ2v) is 5.26. The van der Waals surface area contributed by atoms with Crippen LogP contribution in [0.2, 0.25) is 5.02 Å². The number of anilines is 1. The average molecular weight is 265 g/mol. The molecule has 1 rings (SSSR count). The van der Waals surface area contributed by atoms with Gasteiger partial charge in [-0.05, 0) is 13.0 Å². The summed E-state index contributed by atoms with van der Waals surface area (Å²) in [5.41, 5.74) is 0. The number of ether oxygens (including phenoxy) is 1. The number of nitrogens with zero attached hydrogens (tertiary/aromatic N) is 1. The first-order valence-electron chi connectivity index (χ1n) is 4.73. The monoisotopic (exact) mass is 264 g/mol. The summed E-state index contributed by atoms with van der Waals surface area (Å²) in [6.45, 7) is 2.45. The molecule has 1 N–H and O–H groups in total. The van der Waals surface area contributed by atoms with Gasteiger partial charge in [-0.2, -0.15) is 0 Å². The number of pyridine rings is 1. The van der Waals surface area contributed by atoms with Crippen molar-refractivity contribution in [2.24, 2.45) is 0 Å². The van der Waals surface area contributed by atoms with Crippen LogP contribution in [0.15, 0.2) is 18.3 Å². The summed E-state index contributed by atoms with van der Waals surface area (Å²) < 4.78 is 30.3. The van der Waals surface area contributed by atoms with Gasteiger partial charge in [0.25, 0.3) is 0 Å². The molecule has 0 saturated heterocycles. The van der Waals surface area contributed by atoms with Gasteiger partial charge in [0, 0.05) is 23.9 Å². The molecule has 1 aromatic heterocycles. The summed E-state index contributed by atoms with van der Waals surface area (Å²) in [5, 5.41) is 0.428. The second-order valence-electron chi connectivity index (χ2n) is 2.98. The summed E-state index contributed by atoms with van der Waals surface area (Å²) in [7, 11) is -3.42. The first-order chi connectivity index (χ1) is 7.53. The number of halogens is 1. The Kier molecular flexibility index (Phi) is 4.98. The van der Waals surface area contributed by atoms with Gasteiger partial charge in [-0.1, -0.05) is 11.6 Å². The number of nitrogens with one attached hydrogen (secondary N) is 1. The summed E-state index contributed by atoms with van der Waals surface area (Å²) in [5.74, 6) is 0.110. The van der Waals surface area contributed by atoms with Crippen molar-refractivity contribution >= 4 is 27.4 Å². The number of hydrogen-bond acceptors (Lipinski definition) is 4. The minimum absolute atomic E-state index is 0.102. The summed E-state index contributed by atoms with van der Waals surface area (Å²) in [6, 6.07) is 3.01. The van der Waals surface area contributed by atoms with Crippen LogP contribution in [0.4, 0.5) is 5.82 Å². The molecule has 0 radical (unpaired) electrons. The predicted octanol–water partition coefficient (Wildman–Crippen LogP) is 1.51. The lowest BCUT2D eigenvalue weighted by Gasteiger charge is -2.07. The number of aromatic nitrogens is 1. The predicted molar refractivity (Wildman–Crippen MR) is 63.1 cm³/mol. The fraction of sp³-hybridized carbons (Fsp3) is 0.444. The Morgan fingerprint density at radius 2 is 2.31 bits per heavy atom. The molecule has 0 aliphatic heterocycles. The Balaban J connectivity index is 2.59. The van der Waals surface area contributed by atoms with Crippen LogP contribution < -0.4 is 4.72 Å². The second kappa shape index (κ2) is 6.03. The number of rotatable bonds is 6. The molecule has 0 saturated carbocycles. The van der Waals surface area contributed by atoms with Gasteiger partial charge in [0.15, 0.2) is 0 Å². The largest absolute Gasteiger partial charge is 0.381 e. The molecule has 0 spiro atoms. The highest BCUT2D eigenvalue weighted by Crippen LogP contribution is 2.12. The third kappa shape index (κ3) is 4.78. The lowest BCUT2D eigenvalue weighted by atomic mass is 10.5. The summed E-state index contributed by atoms with van der Waals surface area (Å²) >= 11 is 5.70. The van der Waals surface area contributed by atoms with Gasteiger partial charge in [0.05, 0.1) is 12.4 Å². The first kappa shape index (κ1) is 13.2. The third-order valence-corrected chi connectivity index (χ3v) is 3.14. The van der Waals surface area contributed by atoms with E-state index in [4.69, 9.17) is 16.3 Å². The van der Waals surface area contributed by atoms with Crippen molar-refractivity contribution in [2.45, 2.75) is 6.92 Å². The standard InChI is InChI=1S/C9H13ClN2O3S/c1-2-15-5-6-16(13,14)12-9-7-8(10)3-4-11-9/h3-4,7H,2,5-6H2,1H3,(H,11,12). The van der Waals surface area contributed by atoms with E-state index in [1.165, 1.54) is 12.3 Å². The van der Waals surface area contributed by atoms with E-state index in [1.54, 1.807) is 13.0 Å². The molecule has 90 valence electrons. The summed E-state index contributed by atoms with van der Waals surface area (Å²) in [6.07, 6.45) is 1.43. The molecule has 16 heavy (non-hydrogen) atoms. The van der Waals surface area contributed by atoms with Gasteiger partial charge in [-0.25, -0.2) is 13.4 Å². The van der Waals surface area contributed by atoms with Crippen LogP contribution >= 0.6 is 11.6 Å². The fourth-order valence-corrected chi connectivity index (χ4v) is 2.01. The van der Waals surface area contributed by atoms with Crippen LogP contribution in [-0.4, -0.2) is 32.4 Å². The van der Waals surface area contributed by atoms with E-state index < -0.39 is 10.0 Å². The van der Waals surface area contributed by atoms with E-state index in [0.717, 1.165) is 0 Å². The Morgan fingerprint density at radius 3 is 2.94 bits per heavy atom. The molecule has 1 heterocycles. The number of sulfonamides is 1. The minimum Gasteiger partial charge on any atom is -0.381 e. The molecule has 0 aliphatic carbocycles. The minimum atomic E-state index is -3.42. The van der Waals surface area contributed by atoms with E-state index in [-0.39, 0.29) is 18.2 Å². The molecule has 0 fully saturated rings. The molecule has 0 atom stereocenters. The third-order valence-electron chi connectivity index (χ3n) is 1.68. The van der Waals surface area contributed by atoms with Crippen LogP contribution in [0.1, 0.15) is 6.92 Å². The van der Waals surface area contributed by atoms with Crippen molar-refractivity contribution in [3.05, 3.63) is 23.4 Å². The Bertz CT molecular complexity index is 436. The molecule has 0 unspecified atom stereocenters. The molecule has 5 nitrogen and oxygen atoms in total. The van der Waals surface area contributed by atoms with Crippen molar-refractivity contribution in [2.75, 3.05) is 23.7 Å². The molecule has 0 amide bonds. The normalized spacial score (nSPS) is 11.4. The lowest BCUT2D eigenvalue weighted by Crippen LogP contribution is -2.20. The maximum atomic E-state index is 11.5. The molecule has 0 aliphatic rings. The molecule has 0 aromatic carbocycles. The van der Waals surface area contributed by atoms with Gasteiger partial charge in [-0.15, -0.1) is 0 Å². The Hall–Kier alpha value is -0.850. The van der Waals surface area contributed by atoms with Crippen molar-refractivity contribution in [3.8, 4) is 0 Å². The Morgan fingerprint density at radius 1 is 1.56 bits per heavy atom. The molecular weight excluding hydrogens is 252 g/mol. The zero-order valence-corrected chi connectivity index (χ0v) is 10.4. The van der Waals surface area contributed by atoms with E-state index in [1.807, 2.05) is 0 Å². The Labute approximate surface area is 99.8 Å². The van der Waals surface area contributed by atoms with Gasteiger partial charge >= 0.3 is 0 Å². The van der Waals surface area contributed by atoms with Crippen molar-refractivity contribution in [1.82, 2.24) is 4.98 Å². The first-order valence-corrected chi connectivity index (χ1v) is 6.76. The van der Waals surface area contributed by atoms with Crippen LogP contribution in [-0.2, 0) is 14.8 Å². The maximum Gasteiger partial charge on any atom is 0.236 e. The SMILES string of the molecule is CCOCCS(=O)(=O)Nc1cc(Cl)ccn1. The highest BCUT2D eigenvalue weighted by atomic mass is 35.5. The van der Waals surface area contributed by atoms with E-state index >= 15 is 0 Å². The fourth-order valence-electron chi connectivity index (χ4n) is 0.984. The van der Waals surface area contributed by atoms with Crippen molar-refractivity contribution < 1.29 is 13.2 Å². The van der Waals surface area contributed by atoms with Crippen molar-refractivity contribution in [1.29, 1.82) is 0 Å². The summed E-state index contributed by atoms with van der Waals surface area (Å²) in [4.78, 5) is 3.84. The van der Waals surface area contributed by atoms with Gasteiger partial charge in [-0.3, -0.25) is 4.72 Å². The van der Waals surface area contributed by atoms with Crippen LogP contribution in [0.5, 0.6) is 0 Å². The van der Waals surface area contributed by atoms with Crippen LogP contribution in [0.25, 0.3) is 0 Å². The molecule has 1 aromatic rings. The average Bonchev–Trinajstić information content (AvgIpc) is 2.17. The van der Waals surface area contributed by atoms with E-state index in [9.17, 15) is 8.42 Å². The van der Waals surface area contributed by atoms with E-state index in [0.29, 0.717) is 11.6 Å². The van der Waals surface area contributed by atoms with E-state index in [2.05, 4.69) is 9.71 Å². The zero-order chi connectivity index (χ0) is 12.0. The van der Waals surface area contributed by atoms with Gasteiger partial charge in [0.1, 0.15) is 5.82 Å². The molecule has 0 bridgehead atoms. The molecular formula is C9H13ClN2O3S. The van der Waals surface area contributed by atoms with Gasteiger partial charge in [0.2, 0.25) is 10.0 Å². The zero-order valence-electron chi connectivity index (χ0n) is 8.81. The quantitative estimate of drug-likeness (QED) is 0.791. The van der Waals surface area contributed by atoms with Crippen molar-refractivity contribution in [3.63, 3.8) is 0 Å². The smallest absolute Gasteiger partial charge is 0.236 e. The van der Waals surface area contributed by atoms with Crippen LogP contribution in [0.3, 0.4) is 0 Å². The van der Waals surface area contributed by atoms with Gasteiger partial charge < -0.3 is 4.74 Å². The van der Waals surface area contributed by atoms with Crippen LogP contribution in [0, 0.1) is 0 Å². The topological polar surface area (TPSA) is 68.3 Å².